The van der Waals surface area contributed by atoms with E-state index in [9.17, 15) is 14.0 Å². The van der Waals surface area contributed by atoms with Gasteiger partial charge in [0.25, 0.3) is 5.91 Å². The minimum Gasteiger partial charge on any atom is -0.494 e. The molecule has 6 nitrogen and oxygen atoms in total. The molecule has 0 aliphatic carbocycles. The van der Waals surface area contributed by atoms with Gasteiger partial charge in [0.05, 0.1) is 17.9 Å². The van der Waals surface area contributed by atoms with Crippen molar-refractivity contribution in [1.82, 2.24) is 5.32 Å². The summed E-state index contributed by atoms with van der Waals surface area (Å²) in [5.74, 6) is -0.444. The Hall–Kier alpha value is -4.04. The van der Waals surface area contributed by atoms with Gasteiger partial charge in [-0.25, -0.2) is 4.39 Å². The molecule has 0 heterocycles. The first-order valence-electron chi connectivity index (χ1n) is 10.1. The van der Waals surface area contributed by atoms with Gasteiger partial charge in [-0.3, -0.25) is 14.9 Å². The third-order valence-corrected chi connectivity index (χ3v) is 4.58. The van der Waals surface area contributed by atoms with Gasteiger partial charge in [0, 0.05) is 11.8 Å². The zero-order valence-corrected chi connectivity index (χ0v) is 18.6. The maximum absolute atomic E-state index is 13.0. The van der Waals surface area contributed by atoms with Crippen LogP contribution in [0.1, 0.15) is 22.8 Å². The van der Waals surface area contributed by atoms with Crippen molar-refractivity contribution in [2.45, 2.75) is 6.92 Å². The second kappa shape index (κ2) is 11.5. The number of nitrogens with one attached hydrogen (secondary N) is 3. The molecule has 0 spiro atoms. The van der Waals surface area contributed by atoms with Crippen LogP contribution in [0, 0.1) is 5.82 Å². The number of carbonyl (C=O) groups excluding carboxylic acids is 2. The molecule has 3 N–H and O–H groups in total. The van der Waals surface area contributed by atoms with Crippen molar-refractivity contribution in [1.29, 1.82) is 0 Å². The number of hydrogen-bond donors (Lipinski definition) is 3. The number of carbonyl (C=O) groups is 2. The smallest absolute Gasteiger partial charge is 0.257 e. The molecule has 33 heavy (non-hydrogen) atoms. The Labute approximate surface area is 196 Å². The Morgan fingerprint density at radius 2 is 1.67 bits per heavy atom. The summed E-state index contributed by atoms with van der Waals surface area (Å²) in [4.78, 5) is 24.9. The molecule has 3 rings (SSSR count). The van der Waals surface area contributed by atoms with Crippen LogP contribution in [0.5, 0.6) is 5.75 Å². The molecule has 0 unspecified atom stereocenters. The van der Waals surface area contributed by atoms with E-state index < -0.39 is 5.91 Å². The van der Waals surface area contributed by atoms with Crippen LogP contribution in [0.4, 0.5) is 15.8 Å². The second-order valence-corrected chi connectivity index (χ2v) is 7.19. The Kier molecular flexibility index (Phi) is 8.26. The monoisotopic (exact) mass is 463 g/mol. The van der Waals surface area contributed by atoms with E-state index in [1.165, 1.54) is 24.3 Å². The number of para-hydroxylation sites is 1. The number of anilines is 2. The normalized spacial score (nSPS) is 10.5. The third-order valence-electron chi connectivity index (χ3n) is 4.38. The van der Waals surface area contributed by atoms with Gasteiger partial charge in [-0.15, -0.1) is 0 Å². The number of amides is 2. The number of thiocarbonyl (C=S) groups is 1. The van der Waals surface area contributed by atoms with E-state index in [0.717, 1.165) is 0 Å². The summed E-state index contributed by atoms with van der Waals surface area (Å²) in [6, 6.07) is 19.5. The van der Waals surface area contributed by atoms with Crippen molar-refractivity contribution < 1.29 is 18.7 Å². The first-order valence-corrected chi connectivity index (χ1v) is 10.5. The lowest BCUT2D eigenvalue weighted by Crippen LogP contribution is -2.33. The number of rotatable bonds is 7. The maximum Gasteiger partial charge on any atom is 0.257 e. The van der Waals surface area contributed by atoms with Crippen molar-refractivity contribution in [3.05, 3.63) is 95.8 Å². The topological polar surface area (TPSA) is 79.5 Å². The highest BCUT2D eigenvalue weighted by Crippen LogP contribution is 2.19. The SMILES string of the molecule is CCOc1ccc(NC(=O)c2ccccc2NC(=S)NC(=O)C=Cc2ccc(F)cc2)cc1. The lowest BCUT2D eigenvalue weighted by Gasteiger charge is -2.13. The Balaban J connectivity index is 1.60. The fourth-order valence-electron chi connectivity index (χ4n) is 2.84. The Morgan fingerprint density at radius 3 is 2.36 bits per heavy atom. The summed E-state index contributed by atoms with van der Waals surface area (Å²) in [5.41, 5.74) is 2.07. The molecule has 2 amide bonds. The fourth-order valence-corrected chi connectivity index (χ4v) is 3.05. The van der Waals surface area contributed by atoms with E-state index in [4.69, 9.17) is 17.0 Å². The van der Waals surface area contributed by atoms with Gasteiger partial charge >= 0.3 is 0 Å². The zero-order valence-electron chi connectivity index (χ0n) is 17.8. The summed E-state index contributed by atoms with van der Waals surface area (Å²) in [6.45, 7) is 2.46. The van der Waals surface area contributed by atoms with E-state index in [2.05, 4.69) is 16.0 Å². The Bertz CT molecular complexity index is 1160. The average molecular weight is 464 g/mol. The first-order chi connectivity index (χ1) is 15.9. The fraction of sp³-hybridized carbons (Fsp3) is 0.0800. The van der Waals surface area contributed by atoms with Crippen LogP contribution in [0.15, 0.2) is 78.9 Å². The van der Waals surface area contributed by atoms with Gasteiger partial charge in [0.2, 0.25) is 5.91 Å². The van der Waals surface area contributed by atoms with Crippen LogP contribution < -0.4 is 20.7 Å². The molecule has 0 aliphatic rings. The predicted octanol–water partition coefficient (Wildman–Crippen LogP) is 5.00. The molecule has 0 fully saturated rings. The molecular weight excluding hydrogens is 441 g/mol. The summed E-state index contributed by atoms with van der Waals surface area (Å²) >= 11 is 5.20. The lowest BCUT2D eigenvalue weighted by atomic mass is 10.1. The molecule has 0 atom stereocenters. The van der Waals surface area contributed by atoms with Crippen LogP contribution in [-0.2, 0) is 4.79 Å². The van der Waals surface area contributed by atoms with Gasteiger partial charge in [-0.1, -0.05) is 24.3 Å². The molecule has 0 saturated carbocycles. The number of ether oxygens (including phenoxy) is 1. The Morgan fingerprint density at radius 1 is 0.970 bits per heavy atom. The molecule has 0 saturated heterocycles. The minimum absolute atomic E-state index is 0.0325. The van der Waals surface area contributed by atoms with Crippen molar-refractivity contribution in [3.63, 3.8) is 0 Å². The van der Waals surface area contributed by atoms with Crippen LogP contribution in [0.2, 0.25) is 0 Å². The molecule has 0 aromatic heterocycles. The largest absolute Gasteiger partial charge is 0.494 e. The summed E-state index contributed by atoms with van der Waals surface area (Å²) in [6.07, 6.45) is 2.82. The van der Waals surface area contributed by atoms with E-state index in [-0.39, 0.29) is 16.8 Å². The quantitative estimate of drug-likeness (QED) is 0.339. The highest BCUT2D eigenvalue weighted by molar-refractivity contribution is 7.80. The molecule has 0 bridgehead atoms. The van der Waals surface area contributed by atoms with Crippen molar-refractivity contribution in [3.8, 4) is 5.75 Å². The van der Waals surface area contributed by atoms with E-state index >= 15 is 0 Å². The van der Waals surface area contributed by atoms with Gasteiger partial charge in [0.1, 0.15) is 11.6 Å². The minimum atomic E-state index is -0.465. The van der Waals surface area contributed by atoms with Crippen molar-refractivity contribution in [2.75, 3.05) is 17.2 Å². The van der Waals surface area contributed by atoms with Crippen LogP contribution >= 0.6 is 12.2 Å². The van der Waals surface area contributed by atoms with Gasteiger partial charge in [0.15, 0.2) is 5.11 Å². The van der Waals surface area contributed by atoms with Crippen LogP contribution in [0.3, 0.4) is 0 Å². The molecule has 0 radical (unpaired) electrons. The molecule has 3 aromatic rings. The molecule has 0 aliphatic heterocycles. The summed E-state index contributed by atoms with van der Waals surface area (Å²) in [5, 5.41) is 8.25. The van der Waals surface area contributed by atoms with Crippen molar-refractivity contribution in [2.24, 2.45) is 0 Å². The van der Waals surface area contributed by atoms with Gasteiger partial charge in [-0.05, 0) is 79.3 Å². The molecule has 168 valence electrons. The summed E-state index contributed by atoms with van der Waals surface area (Å²) < 4.78 is 18.4. The molecule has 3 aromatic carbocycles. The number of halogens is 1. The lowest BCUT2D eigenvalue weighted by molar-refractivity contribution is -0.115. The predicted molar refractivity (Wildman–Crippen MR) is 132 cm³/mol. The molecular formula is C25H22FN3O3S. The van der Waals surface area contributed by atoms with E-state index in [0.29, 0.717) is 34.9 Å². The van der Waals surface area contributed by atoms with Gasteiger partial charge < -0.3 is 15.4 Å². The van der Waals surface area contributed by atoms with Crippen LogP contribution in [-0.4, -0.2) is 23.5 Å². The number of benzene rings is 3. The van der Waals surface area contributed by atoms with Crippen LogP contribution in [0.25, 0.3) is 6.08 Å². The average Bonchev–Trinajstić information content (AvgIpc) is 2.80. The standard InChI is InChI=1S/C25H22FN3O3S/c1-2-32-20-14-12-19(13-15-20)27-24(31)21-5-3-4-6-22(21)28-25(33)29-23(30)16-9-17-7-10-18(26)11-8-17/h3-16H,2H2,1H3,(H,27,31)(H2,28,29,30,33). The second-order valence-electron chi connectivity index (χ2n) is 6.79. The summed E-state index contributed by atoms with van der Waals surface area (Å²) in [7, 11) is 0. The van der Waals surface area contributed by atoms with E-state index in [1.54, 1.807) is 60.7 Å². The highest BCUT2D eigenvalue weighted by atomic mass is 32.1. The van der Waals surface area contributed by atoms with Crippen molar-refractivity contribution >= 4 is 46.6 Å². The highest BCUT2D eigenvalue weighted by Gasteiger charge is 2.13. The molecule has 8 heteroatoms. The first kappa shape index (κ1) is 23.6. The van der Waals surface area contributed by atoms with E-state index in [1.807, 2.05) is 6.92 Å². The third kappa shape index (κ3) is 7.26. The zero-order chi connectivity index (χ0) is 23.6. The number of hydrogen-bond acceptors (Lipinski definition) is 4. The van der Waals surface area contributed by atoms with Gasteiger partial charge in [-0.2, -0.15) is 0 Å². The maximum atomic E-state index is 13.0.